The Kier molecular flexibility index (Phi) is 5.56. The highest BCUT2D eigenvalue weighted by molar-refractivity contribution is 7.17. The number of carbonyl (C=O) groups excluding carboxylic acids is 1. The molecule has 1 aliphatic rings. The largest absolute Gasteiger partial charge is 0.497 e. The molecule has 29 heavy (non-hydrogen) atoms. The van der Waals surface area contributed by atoms with Crippen molar-refractivity contribution < 1.29 is 9.53 Å². The van der Waals surface area contributed by atoms with Gasteiger partial charge in [-0.3, -0.25) is 9.69 Å². The van der Waals surface area contributed by atoms with E-state index < -0.39 is 0 Å². The summed E-state index contributed by atoms with van der Waals surface area (Å²) in [5.41, 5.74) is 1.86. The van der Waals surface area contributed by atoms with Gasteiger partial charge in [0.05, 0.1) is 12.8 Å². The molecule has 0 unspecified atom stereocenters. The van der Waals surface area contributed by atoms with Crippen LogP contribution in [0, 0.1) is 6.92 Å². The molecule has 0 radical (unpaired) electrons. The van der Waals surface area contributed by atoms with E-state index in [2.05, 4.69) is 43.0 Å². The minimum absolute atomic E-state index is 0.111. The van der Waals surface area contributed by atoms with Crippen LogP contribution in [0.3, 0.4) is 0 Å². The fourth-order valence-electron chi connectivity index (χ4n) is 3.79. The highest BCUT2D eigenvalue weighted by Crippen LogP contribution is 2.32. The lowest BCUT2D eigenvalue weighted by atomic mass is 10.1. The SMILES string of the molecule is COc1ccc2cc(-c3nc(C)c(C(=O)N4CCN(C(C)C)CC4)s3)ccc2c1. The van der Waals surface area contributed by atoms with E-state index in [1.807, 2.05) is 24.0 Å². The maximum absolute atomic E-state index is 13.1. The fourth-order valence-corrected chi connectivity index (χ4v) is 4.82. The number of aryl methyl sites for hydroxylation is 1. The molecule has 0 N–H and O–H groups in total. The summed E-state index contributed by atoms with van der Waals surface area (Å²) in [4.78, 5) is 22.9. The fraction of sp³-hybridized carbons (Fsp3) is 0.391. The first-order valence-electron chi connectivity index (χ1n) is 10.0. The molecule has 2 heterocycles. The summed E-state index contributed by atoms with van der Waals surface area (Å²) in [5.74, 6) is 0.959. The van der Waals surface area contributed by atoms with Crippen molar-refractivity contribution in [3.05, 3.63) is 47.0 Å². The lowest BCUT2D eigenvalue weighted by Gasteiger charge is -2.36. The number of methoxy groups -OCH3 is 1. The number of nitrogens with zero attached hydrogens (tertiary/aromatic N) is 3. The quantitative estimate of drug-likeness (QED) is 0.639. The molecule has 1 fully saturated rings. The van der Waals surface area contributed by atoms with Gasteiger partial charge < -0.3 is 9.64 Å². The molecule has 4 rings (SSSR count). The Morgan fingerprint density at radius 2 is 1.76 bits per heavy atom. The number of amides is 1. The van der Waals surface area contributed by atoms with Crippen LogP contribution in [0.4, 0.5) is 0 Å². The molecule has 0 atom stereocenters. The van der Waals surface area contributed by atoms with Crippen LogP contribution in [0.15, 0.2) is 36.4 Å². The van der Waals surface area contributed by atoms with Crippen LogP contribution in [0.1, 0.15) is 29.2 Å². The smallest absolute Gasteiger partial charge is 0.265 e. The van der Waals surface area contributed by atoms with Crippen molar-refractivity contribution >= 4 is 28.0 Å². The second kappa shape index (κ2) is 8.13. The molecular weight excluding hydrogens is 382 g/mol. The average molecular weight is 410 g/mol. The van der Waals surface area contributed by atoms with Gasteiger partial charge in [-0.15, -0.1) is 11.3 Å². The van der Waals surface area contributed by atoms with Crippen molar-refractivity contribution in [1.29, 1.82) is 0 Å². The molecule has 1 amide bonds. The van der Waals surface area contributed by atoms with Crippen molar-refractivity contribution in [1.82, 2.24) is 14.8 Å². The van der Waals surface area contributed by atoms with Crippen LogP contribution in [-0.4, -0.2) is 60.0 Å². The molecule has 0 saturated carbocycles. The Morgan fingerprint density at radius 3 is 2.45 bits per heavy atom. The first kappa shape index (κ1) is 19.9. The van der Waals surface area contributed by atoms with Crippen molar-refractivity contribution in [3.8, 4) is 16.3 Å². The van der Waals surface area contributed by atoms with Gasteiger partial charge in [-0.1, -0.05) is 18.2 Å². The van der Waals surface area contributed by atoms with E-state index in [0.717, 1.165) is 63.8 Å². The number of piperazine rings is 1. The standard InChI is InChI=1S/C23H27N3O2S/c1-15(2)25-9-11-26(12-10-25)23(27)21-16(3)24-22(29-21)19-6-5-18-14-20(28-4)8-7-17(18)13-19/h5-8,13-15H,9-12H2,1-4H3. The maximum atomic E-state index is 13.1. The second-order valence-electron chi connectivity index (χ2n) is 7.78. The third-order valence-corrected chi connectivity index (χ3v) is 6.81. The summed E-state index contributed by atoms with van der Waals surface area (Å²) in [6.07, 6.45) is 0. The van der Waals surface area contributed by atoms with Crippen molar-refractivity contribution in [2.24, 2.45) is 0 Å². The van der Waals surface area contributed by atoms with Crippen molar-refractivity contribution in [3.63, 3.8) is 0 Å². The van der Waals surface area contributed by atoms with Gasteiger partial charge in [0.15, 0.2) is 0 Å². The minimum Gasteiger partial charge on any atom is -0.497 e. The van der Waals surface area contributed by atoms with Crippen LogP contribution < -0.4 is 4.74 Å². The van der Waals surface area contributed by atoms with Gasteiger partial charge in [-0.2, -0.15) is 0 Å². The molecule has 5 nitrogen and oxygen atoms in total. The van der Waals surface area contributed by atoms with E-state index in [9.17, 15) is 4.79 Å². The predicted octanol–water partition coefficient (Wildman–Crippen LogP) is 4.45. The van der Waals surface area contributed by atoms with Gasteiger partial charge in [0.2, 0.25) is 0 Å². The van der Waals surface area contributed by atoms with Crippen LogP contribution in [-0.2, 0) is 0 Å². The summed E-state index contributed by atoms with van der Waals surface area (Å²) in [6.45, 7) is 9.77. The lowest BCUT2D eigenvalue weighted by molar-refractivity contribution is 0.0599. The van der Waals surface area contributed by atoms with E-state index in [1.54, 1.807) is 7.11 Å². The molecule has 0 aliphatic carbocycles. The zero-order chi connectivity index (χ0) is 20.5. The molecule has 3 aromatic rings. The number of thiazole rings is 1. The van der Waals surface area contributed by atoms with Crippen molar-refractivity contribution in [2.75, 3.05) is 33.3 Å². The number of aromatic nitrogens is 1. The van der Waals surface area contributed by atoms with Crippen LogP contribution in [0.25, 0.3) is 21.3 Å². The van der Waals surface area contributed by atoms with Gasteiger partial charge in [-0.25, -0.2) is 4.98 Å². The number of carbonyl (C=O) groups is 1. The number of ether oxygens (including phenoxy) is 1. The summed E-state index contributed by atoms with van der Waals surface area (Å²) in [5, 5.41) is 3.15. The minimum atomic E-state index is 0.111. The highest BCUT2D eigenvalue weighted by atomic mass is 32.1. The molecule has 152 valence electrons. The average Bonchev–Trinajstić information content (AvgIpc) is 3.14. The summed E-state index contributed by atoms with van der Waals surface area (Å²) in [7, 11) is 1.68. The Hall–Kier alpha value is -2.44. The summed E-state index contributed by atoms with van der Waals surface area (Å²) < 4.78 is 5.30. The number of benzene rings is 2. The van der Waals surface area contributed by atoms with Crippen LogP contribution in [0.5, 0.6) is 5.75 Å². The molecule has 6 heteroatoms. The molecule has 1 aliphatic heterocycles. The van der Waals surface area contributed by atoms with Crippen molar-refractivity contribution in [2.45, 2.75) is 26.8 Å². The Morgan fingerprint density at radius 1 is 1.07 bits per heavy atom. The molecule has 0 spiro atoms. The molecule has 2 aromatic carbocycles. The Labute approximate surface area is 175 Å². The molecule has 1 saturated heterocycles. The number of hydrogen-bond donors (Lipinski definition) is 0. The maximum Gasteiger partial charge on any atom is 0.265 e. The summed E-state index contributed by atoms with van der Waals surface area (Å²) in [6, 6.07) is 12.8. The Bertz CT molecular complexity index is 1040. The first-order valence-corrected chi connectivity index (χ1v) is 10.9. The zero-order valence-electron chi connectivity index (χ0n) is 17.4. The predicted molar refractivity (Wildman–Crippen MR) is 119 cm³/mol. The van der Waals surface area contributed by atoms with Crippen LogP contribution >= 0.6 is 11.3 Å². The van der Waals surface area contributed by atoms with E-state index in [1.165, 1.54) is 11.3 Å². The van der Waals surface area contributed by atoms with E-state index in [0.29, 0.717) is 6.04 Å². The highest BCUT2D eigenvalue weighted by Gasteiger charge is 2.26. The third kappa shape index (κ3) is 4.00. The lowest BCUT2D eigenvalue weighted by Crippen LogP contribution is -2.50. The van der Waals surface area contributed by atoms with Gasteiger partial charge in [-0.05, 0) is 49.7 Å². The topological polar surface area (TPSA) is 45.7 Å². The van der Waals surface area contributed by atoms with Gasteiger partial charge >= 0.3 is 0 Å². The Balaban J connectivity index is 1.56. The van der Waals surface area contributed by atoms with Gasteiger partial charge in [0.25, 0.3) is 5.91 Å². The van der Waals surface area contributed by atoms with E-state index in [4.69, 9.17) is 9.72 Å². The molecular formula is C23H27N3O2S. The molecule has 0 bridgehead atoms. The number of hydrogen-bond acceptors (Lipinski definition) is 5. The van der Waals surface area contributed by atoms with E-state index in [-0.39, 0.29) is 5.91 Å². The summed E-state index contributed by atoms with van der Waals surface area (Å²) >= 11 is 1.50. The number of fused-ring (bicyclic) bond motifs is 1. The van der Waals surface area contributed by atoms with E-state index >= 15 is 0 Å². The second-order valence-corrected chi connectivity index (χ2v) is 8.78. The first-order chi connectivity index (χ1) is 14.0. The third-order valence-electron chi connectivity index (χ3n) is 5.62. The number of rotatable bonds is 4. The normalized spacial score (nSPS) is 15.3. The van der Waals surface area contributed by atoms with Crippen LogP contribution in [0.2, 0.25) is 0 Å². The van der Waals surface area contributed by atoms with Gasteiger partial charge in [0, 0.05) is 37.8 Å². The van der Waals surface area contributed by atoms with Gasteiger partial charge in [0.1, 0.15) is 15.6 Å². The molecule has 1 aromatic heterocycles. The zero-order valence-corrected chi connectivity index (χ0v) is 18.3. The monoisotopic (exact) mass is 409 g/mol.